The summed E-state index contributed by atoms with van der Waals surface area (Å²) in [6, 6.07) is 6.14. The molecule has 11 heteroatoms. The summed E-state index contributed by atoms with van der Waals surface area (Å²) in [6.45, 7) is 1.48. The molecule has 158 valence electrons. The van der Waals surface area contributed by atoms with Crippen LogP contribution in [0, 0.1) is 0 Å². The molecule has 0 saturated carbocycles. The third-order valence-corrected chi connectivity index (χ3v) is 6.64. The topological polar surface area (TPSA) is 116 Å². The average molecular weight is 423 g/mol. The number of hydrogen-bond donors (Lipinski definition) is 1. The molecular formula is C18H25N5O5S. The fraction of sp³-hybridized carbons (Fsp3) is 0.500. The van der Waals surface area contributed by atoms with Crippen molar-refractivity contribution < 1.29 is 22.7 Å². The normalized spacial score (nSPS) is 17.8. The predicted octanol–water partition coefficient (Wildman–Crippen LogP) is 0.689. The van der Waals surface area contributed by atoms with Gasteiger partial charge in [-0.15, -0.1) is 5.10 Å². The second-order valence-electron chi connectivity index (χ2n) is 6.67. The number of carbonyl (C=O) groups is 1. The molecule has 3 rings (SSSR count). The van der Waals surface area contributed by atoms with Crippen molar-refractivity contribution in [2.45, 2.75) is 23.8 Å². The van der Waals surface area contributed by atoms with E-state index in [2.05, 4.69) is 15.6 Å². The van der Waals surface area contributed by atoms with Crippen molar-refractivity contribution in [2.75, 3.05) is 40.5 Å². The summed E-state index contributed by atoms with van der Waals surface area (Å²) in [5.41, 5.74) is 0.191. The Hall–Kier alpha value is -2.50. The van der Waals surface area contributed by atoms with Gasteiger partial charge in [-0.25, -0.2) is 13.1 Å². The summed E-state index contributed by atoms with van der Waals surface area (Å²) in [5.74, 6) is 0.256. The highest BCUT2D eigenvalue weighted by atomic mass is 32.2. The number of piperidine rings is 1. The molecule has 2 heterocycles. The standard InChI is InChI=1S/C18H25N5O5S/c1-27-11-9-19-18(24)17-13-23(21-20-17)14-4-3-10-22(12-14)29(25,26)16-7-5-15(28-2)6-8-16/h5-8,13-14H,3-4,9-12H2,1-2H3,(H,19,24). The van der Waals surface area contributed by atoms with Crippen LogP contribution in [0.2, 0.25) is 0 Å². The van der Waals surface area contributed by atoms with Gasteiger partial charge < -0.3 is 14.8 Å². The molecule has 1 aliphatic rings. The number of sulfonamides is 1. The second-order valence-corrected chi connectivity index (χ2v) is 8.61. The van der Waals surface area contributed by atoms with E-state index in [1.807, 2.05) is 0 Å². The van der Waals surface area contributed by atoms with Crippen LogP contribution in [0.15, 0.2) is 35.4 Å². The van der Waals surface area contributed by atoms with Crippen LogP contribution in [-0.2, 0) is 14.8 Å². The summed E-state index contributed by atoms with van der Waals surface area (Å²) in [4.78, 5) is 12.3. The summed E-state index contributed by atoms with van der Waals surface area (Å²) in [5, 5.41) is 10.6. The number of nitrogens with zero attached hydrogens (tertiary/aromatic N) is 4. The highest BCUT2D eigenvalue weighted by Crippen LogP contribution is 2.27. The molecule has 29 heavy (non-hydrogen) atoms. The number of hydrogen-bond acceptors (Lipinski definition) is 7. The van der Waals surface area contributed by atoms with Crippen molar-refractivity contribution in [2.24, 2.45) is 0 Å². The van der Waals surface area contributed by atoms with E-state index >= 15 is 0 Å². The molecule has 10 nitrogen and oxygen atoms in total. The molecule has 1 amide bonds. The van der Waals surface area contributed by atoms with Crippen LogP contribution in [0.25, 0.3) is 0 Å². The van der Waals surface area contributed by atoms with Crippen LogP contribution in [0.1, 0.15) is 29.4 Å². The Morgan fingerprint density at radius 1 is 1.28 bits per heavy atom. The number of carbonyl (C=O) groups excluding carboxylic acids is 1. The SMILES string of the molecule is COCCNC(=O)c1cn(C2CCCN(S(=O)(=O)c3ccc(OC)cc3)C2)nn1. The molecule has 1 fully saturated rings. The molecule has 1 atom stereocenters. The number of nitrogens with one attached hydrogen (secondary N) is 1. The molecule has 1 aliphatic heterocycles. The molecule has 0 spiro atoms. The van der Waals surface area contributed by atoms with Crippen LogP contribution < -0.4 is 10.1 Å². The molecule has 1 aromatic carbocycles. The maximum Gasteiger partial charge on any atom is 0.273 e. The quantitative estimate of drug-likeness (QED) is 0.621. The maximum absolute atomic E-state index is 13.0. The fourth-order valence-corrected chi connectivity index (χ4v) is 4.68. The zero-order chi connectivity index (χ0) is 20.9. The van der Waals surface area contributed by atoms with E-state index in [0.717, 1.165) is 6.42 Å². The fourth-order valence-electron chi connectivity index (χ4n) is 3.17. The molecule has 1 N–H and O–H groups in total. The van der Waals surface area contributed by atoms with Gasteiger partial charge in [0.1, 0.15) is 5.75 Å². The van der Waals surface area contributed by atoms with E-state index in [-0.39, 0.29) is 29.1 Å². The van der Waals surface area contributed by atoms with E-state index in [9.17, 15) is 13.2 Å². The third kappa shape index (κ3) is 4.92. The van der Waals surface area contributed by atoms with Crippen LogP contribution in [0.5, 0.6) is 5.75 Å². The van der Waals surface area contributed by atoms with Gasteiger partial charge in [0.05, 0.1) is 30.9 Å². The zero-order valence-corrected chi connectivity index (χ0v) is 17.3. The first kappa shape index (κ1) is 21.2. The Labute approximate surface area is 169 Å². The Balaban J connectivity index is 1.69. The van der Waals surface area contributed by atoms with E-state index in [0.29, 0.717) is 31.9 Å². The van der Waals surface area contributed by atoms with E-state index in [1.54, 1.807) is 30.1 Å². The van der Waals surface area contributed by atoms with Crippen molar-refractivity contribution >= 4 is 15.9 Å². The Kier molecular flexibility index (Phi) is 6.83. The van der Waals surface area contributed by atoms with E-state index < -0.39 is 10.0 Å². The van der Waals surface area contributed by atoms with E-state index in [4.69, 9.17) is 9.47 Å². The van der Waals surface area contributed by atoms with Crippen LogP contribution in [0.3, 0.4) is 0 Å². The van der Waals surface area contributed by atoms with Gasteiger partial charge >= 0.3 is 0 Å². The first-order valence-electron chi connectivity index (χ1n) is 9.29. The molecular weight excluding hydrogens is 398 g/mol. The number of rotatable bonds is 8. The smallest absolute Gasteiger partial charge is 0.273 e. The van der Waals surface area contributed by atoms with Gasteiger partial charge in [0, 0.05) is 26.7 Å². The lowest BCUT2D eigenvalue weighted by Gasteiger charge is -2.31. The lowest BCUT2D eigenvalue weighted by atomic mass is 10.1. The van der Waals surface area contributed by atoms with Crippen LogP contribution in [-0.4, -0.2) is 74.1 Å². The van der Waals surface area contributed by atoms with Gasteiger partial charge in [-0.05, 0) is 37.1 Å². The Morgan fingerprint density at radius 2 is 2.03 bits per heavy atom. The minimum atomic E-state index is -3.63. The monoisotopic (exact) mass is 423 g/mol. The summed E-state index contributed by atoms with van der Waals surface area (Å²) in [7, 11) is -0.546. The minimum Gasteiger partial charge on any atom is -0.497 e. The van der Waals surface area contributed by atoms with Gasteiger partial charge in [0.25, 0.3) is 5.91 Å². The lowest BCUT2D eigenvalue weighted by Crippen LogP contribution is -2.40. The predicted molar refractivity (Wildman–Crippen MR) is 104 cm³/mol. The summed E-state index contributed by atoms with van der Waals surface area (Å²) < 4.78 is 39.0. The lowest BCUT2D eigenvalue weighted by molar-refractivity contribution is 0.0932. The van der Waals surface area contributed by atoms with Gasteiger partial charge in [0.2, 0.25) is 10.0 Å². The van der Waals surface area contributed by atoms with Crippen molar-refractivity contribution in [1.82, 2.24) is 24.6 Å². The molecule has 0 radical (unpaired) electrons. The highest BCUT2D eigenvalue weighted by molar-refractivity contribution is 7.89. The summed E-state index contributed by atoms with van der Waals surface area (Å²) in [6.07, 6.45) is 2.99. The molecule has 0 aliphatic carbocycles. The first-order chi connectivity index (χ1) is 14.0. The van der Waals surface area contributed by atoms with Gasteiger partial charge in [0.15, 0.2) is 5.69 Å². The third-order valence-electron chi connectivity index (χ3n) is 4.77. The average Bonchev–Trinajstić information content (AvgIpc) is 3.24. The molecule has 1 saturated heterocycles. The largest absolute Gasteiger partial charge is 0.497 e. The maximum atomic E-state index is 13.0. The number of ether oxygens (including phenoxy) is 2. The van der Waals surface area contributed by atoms with Crippen LogP contribution in [0.4, 0.5) is 0 Å². The second kappa shape index (κ2) is 9.33. The van der Waals surface area contributed by atoms with E-state index in [1.165, 1.54) is 23.5 Å². The van der Waals surface area contributed by atoms with Gasteiger partial charge in [-0.2, -0.15) is 4.31 Å². The van der Waals surface area contributed by atoms with Gasteiger partial charge in [-0.1, -0.05) is 5.21 Å². The first-order valence-corrected chi connectivity index (χ1v) is 10.7. The molecule has 1 aromatic heterocycles. The van der Waals surface area contributed by atoms with Crippen LogP contribution >= 0.6 is 0 Å². The van der Waals surface area contributed by atoms with Crippen molar-refractivity contribution in [3.05, 3.63) is 36.2 Å². The highest BCUT2D eigenvalue weighted by Gasteiger charge is 2.31. The molecule has 0 bridgehead atoms. The zero-order valence-electron chi connectivity index (χ0n) is 16.4. The number of amides is 1. The number of methoxy groups -OCH3 is 2. The minimum absolute atomic E-state index is 0.190. The molecule has 2 aromatic rings. The van der Waals surface area contributed by atoms with Gasteiger partial charge in [-0.3, -0.25) is 4.79 Å². The number of aromatic nitrogens is 3. The summed E-state index contributed by atoms with van der Waals surface area (Å²) >= 11 is 0. The Morgan fingerprint density at radius 3 is 2.72 bits per heavy atom. The molecule has 1 unspecified atom stereocenters. The van der Waals surface area contributed by atoms with Crippen molar-refractivity contribution in [3.8, 4) is 5.75 Å². The number of benzene rings is 1. The Bertz CT molecular complexity index is 928. The van der Waals surface area contributed by atoms with Crippen molar-refractivity contribution in [1.29, 1.82) is 0 Å². The van der Waals surface area contributed by atoms with Crippen molar-refractivity contribution in [3.63, 3.8) is 0 Å².